The second kappa shape index (κ2) is 11.1. The molecule has 0 saturated heterocycles. The Morgan fingerprint density at radius 3 is 2.28 bits per heavy atom. The van der Waals surface area contributed by atoms with Crippen LogP contribution in [0.1, 0.15) is 23.5 Å². The van der Waals surface area contributed by atoms with Gasteiger partial charge in [0.15, 0.2) is 12.7 Å². The van der Waals surface area contributed by atoms with Crippen LogP contribution in [-0.4, -0.2) is 37.2 Å². The lowest BCUT2D eigenvalue weighted by atomic mass is 10.2. The zero-order valence-electron chi connectivity index (χ0n) is 17.7. The summed E-state index contributed by atoms with van der Waals surface area (Å²) in [6.45, 7) is 2.94. The molecular weight excluding hydrogens is 430 g/mol. The van der Waals surface area contributed by atoms with E-state index in [1.165, 1.54) is 18.3 Å². The molecule has 1 amide bonds. The molecule has 0 aliphatic carbocycles. The van der Waals surface area contributed by atoms with Crippen molar-refractivity contribution in [3.63, 3.8) is 0 Å². The van der Waals surface area contributed by atoms with E-state index in [0.717, 1.165) is 10.4 Å². The molecule has 2 aromatic carbocycles. The molecule has 0 saturated carbocycles. The number of esters is 2. The Labute approximate surface area is 189 Å². The average Bonchev–Trinajstić information content (AvgIpc) is 3.22. The number of hydrogen-bond donors (Lipinski definition) is 1. The van der Waals surface area contributed by atoms with Crippen LogP contribution in [0.2, 0.25) is 0 Å². The quantitative estimate of drug-likeness (QED) is 0.478. The minimum atomic E-state index is -0.883. The molecule has 3 aromatic rings. The van der Waals surface area contributed by atoms with Crippen LogP contribution in [0.25, 0.3) is 10.4 Å². The number of rotatable bonds is 9. The predicted octanol–water partition coefficient (Wildman–Crippen LogP) is 4.54. The first-order valence-corrected chi connectivity index (χ1v) is 10.8. The zero-order valence-corrected chi connectivity index (χ0v) is 18.5. The van der Waals surface area contributed by atoms with E-state index in [2.05, 4.69) is 5.32 Å². The maximum atomic E-state index is 12.4. The summed E-state index contributed by atoms with van der Waals surface area (Å²) in [6.07, 6.45) is -0.883. The van der Waals surface area contributed by atoms with E-state index in [4.69, 9.17) is 14.2 Å². The minimum Gasteiger partial charge on any atom is -0.479 e. The highest BCUT2D eigenvalue weighted by atomic mass is 32.1. The SMILES string of the molecule is CCOC(=O)c1sc(-c2ccccc2)cc1NC(=O)COC(=O)[C@@H](C)Oc1ccccc1. The molecule has 0 aliphatic rings. The summed E-state index contributed by atoms with van der Waals surface area (Å²) in [5.74, 6) is -1.26. The van der Waals surface area contributed by atoms with E-state index in [1.54, 1.807) is 37.3 Å². The summed E-state index contributed by atoms with van der Waals surface area (Å²) in [4.78, 5) is 38.0. The van der Waals surface area contributed by atoms with Gasteiger partial charge in [0.25, 0.3) is 5.91 Å². The van der Waals surface area contributed by atoms with Gasteiger partial charge in [-0.1, -0.05) is 48.5 Å². The molecule has 3 rings (SSSR count). The van der Waals surface area contributed by atoms with Crippen LogP contribution in [0.4, 0.5) is 5.69 Å². The molecule has 1 atom stereocenters. The van der Waals surface area contributed by atoms with Crippen molar-refractivity contribution >= 4 is 34.9 Å². The zero-order chi connectivity index (χ0) is 22.9. The van der Waals surface area contributed by atoms with Crippen LogP contribution < -0.4 is 10.1 Å². The molecule has 32 heavy (non-hydrogen) atoms. The number of amides is 1. The van der Waals surface area contributed by atoms with Crippen LogP contribution in [0.3, 0.4) is 0 Å². The lowest BCUT2D eigenvalue weighted by Gasteiger charge is -2.13. The fourth-order valence-electron chi connectivity index (χ4n) is 2.77. The number of benzene rings is 2. The summed E-state index contributed by atoms with van der Waals surface area (Å²) in [5, 5.41) is 2.64. The van der Waals surface area contributed by atoms with Crippen LogP contribution in [0.5, 0.6) is 5.75 Å². The van der Waals surface area contributed by atoms with Gasteiger partial charge in [0, 0.05) is 4.88 Å². The molecule has 0 aliphatic heterocycles. The van der Waals surface area contributed by atoms with E-state index in [-0.39, 0.29) is 11.5 Å². The van der Waals surface area contributed by atoms with Gasteiger partial charge in [0.05, 0.1) is 12.3 Å². The highest BCUT2D eigenvalue weighted by Crippen LogP contribution is 2.35. The summed E-state index contributed by atoms with van der Waals surface area (Å²) >= 11 is 1.22. The van der Waals surface area contributed by atoms with Crippen molar-refractivity contribution in [2.75, 3.05) is 18.5 Å². The number of carbonyl (C=O) groups excluding carboxylic acids is 3. The van der Waals surface area contributed by atoms with E-state index in [9.17, 15) is 14.4 Å². The van der Waals surface area contributed by atoms with Crippen LogP contribution in [0.15, 0.2) is 66.7 Å². The Hall–Kier alpha value is -3.65. The smallest absolute Gasteiger partial charge is 0.350 e. The molecule has 0 unspecified atom stereocenters. The molecular formula is C24H23NO6S. The Morgan fingerprint density at radius 2 is 1.62 bits per heavy atom. The van der Waals surface area contributed by atoms with Crippen molar-refractivity contribution < 1.29 is 28.6 Å². The molecule has 1 N–H and O–H groups in total. The first kappa shape index (κ1) is 23.0. The number of para-hydroxylation sites is 1. The van der Waals surface area contributed by atoms with Gasteiger partial charge < -0.3 is 19.5 Å². The highest BCUT2D eigenvalue weighted by Gasteiger charge is 2.22. The Kier molecular flexibility index (Phi) is 7.99. The van der Waals surface area contributed by atoms with Crippen molar-refractivity contribution in [3.8, 4) is 16.2 Å². The molecule has 0 radical (unpaired) electrons. The topological polar surface area (TPSA) is 90.9 Å². The van der Waals surface area contributed by atoms with E-state index in [1.807, 2.05) is 36.4 Å². The number of anilines is 1. The van der Waals surface area contributed by atoms with Crippen LogP contribution in [-0.2, 0) is 19.1 Å². The minimum absolute atomic E-state index is 0.210. The van der Waals surface area contributed by atoms with Gasteiger partial charge in [-0.3, -0.25) is 4.79 Å². The molecule has 0 spiro atoms. The Morgan fingerprint density at radius 1 is 0.969 bits per heavy atom. The molecule has 166 valence electrons. The number of thiophene rings is 1. The first-order valence-electron chi connectivity index (χ1n) is 10.0. The third kappa shape index (κ3) is 6.18. The van der Waals surface area contributed by atoms with Gasteiger partial charge in [0.2, 0.25) is 0 Å². The fourth-order valence-corrected chi connectivity index (χ4v) is 3.78. The number of hydrogen-bond acceptors (Lipinski definition) is 7. The number of carbonyl (C=O) groups is 3. The van der Waals surface area contributed by atoms with E-state index < -0.39 is 30.6 Å². The van der Waals surface area contributed by atoms with E-state index in [0.29, 0.717) is 11.4 Å². The maximum absolute atomic E-state index is 12.4. The van der Waals surface area contributed by atoms with Crippen molar-refractivity contribution in [2.24, 2.45) is 0 Å². The average molecular weight is 454 g/mol. The monoisotopic (exact) mass is 453 g/mol. The van der Waals surface area contributed by atoms with Crippen molar-refractivity contribution in [1.82, 2.24) is 0 Å². The third-order valence-corrected chi connectivity index (χ3v) is 5.42. The molecule has 1 heterocycles. The fraction of sp³-hybridized carbons (Fsp3) is 0.208. The van der Waals surface area contributed by atoms with Gasteiger partial charge in [-0.15, -0.1) is 11.3 Å². The maximum Gasteiger partial charge on any atom is 0.350 e. The van der Waals surface area contributed by atoms with Gasteiger partial charge in [0.1, 0.15) is 10.6 Å². The first-order chi connectivity index (χ1) is 15.5. The lowest BCUT2D eigenvalue weighted by molar-refractivity contribution is -0.153. The third-order valence-electron chi connectivity index (χ3n) is 4.26. The summed E-state index contributed by atoms with van der Waals surface area (Å²) in [7, 11) is 0. The van der Waals surface area contributed by atoms with Gasteiger partial charge in [-0.25, -0.2) is 9.59 Å². The van der Waals surface area contributed by atoms with Gasteiger partial charge in [-0.2, -0.15) is 0 Å². The van der Waals surface area contributed by atoms with Gasteiger partial charge in [-0.05, 0) is 37.6 Å². The van der Waals surface area contributed by atoms with Crippen LogP contribution >= 0.6 is 11.3 Å². The second-order valence-corrected chi connectivity index (χ2v) is 7.72. The van der Waals surface area contributed by atoms with Crippen molar-refractivity contribution in [2.45, 2.75) is 20.0 Å². The summed E-state index contributed by atoms with van der Waals surface area (Å²) < 4.78 is 15.7. The highest BCUT2D eigenvalue weighted by molar-refractivity contribution is 7.18. The second-order valence-electron chi connectivity index (χ2n) is 6.67. The summed E-state index contributed by atoms with van der Waals surface area (Å²) in [5.41, 5.74) is 1.21. The summed E-state index contributed by atoms with van der Waals surface area (Å²) in [6, 6.07) is 20.0. The van der Waals surface area contributed by atoms with Gasteiger partial charge >= 0.3 is 11.9 Å². The molecule has 8 heteroatoms. The van der Waals surface area contributed by atoms with E-state index >= 15 is 0 Å². The number of nitrogens with one attached hydrogen (secondary N) is 1. The number of ether oxygens (including phenoxy) is 3. The Bertz CT molecular complexity index is 1060. The molecule has 1 aromatic heterocycles. The lowest BCUT2D eigenvalue weighted by Crippen LogP contribution is -2.29. The molecule has 0 bridgehead atoms. The molecule has 7 nitrogen and oxygen atoms in total. The molecule has 0 fully saturated rings. The van der Waals surface area contributed by atoms with Crippen molar-refractivity contribution in [3.05, 3.63) is 71.6 Å². The standard InChI is InChI=1S/C24H23NO6S/c1-3-29-24(28)22-19(14-20(32-22)17-10-6-4-7-11-17)25-21(26)15-30-23(27)16(2)31-18-12-8-5-9-13-18/h4-14,16H,3,15H2,1-2H3,(H,25,26)/t16-/m1/s1. The normalized spacial score (nSPS) is 11.3. The predicted molar refractivity (Wildman–Crippen MR) is 122 cm³/mol. The largest absolute Gasteiger partial charge is 0.479 e. The Balaban J connectivity index is 1.63. The van der Waals surface area contributed by atoms with Crippen molar-refractivity contribution in [1.29, 1.82) is 0 Å². The van der Waals surface area contributed by atoms with Crippen LogP contribution in [0, 0.1) is 0 Å².